The Balaban J connectivity index is 1.93. The zero-order valence-corrected chi connectivity index (χ0v) is 12.6. The van der Waals surface area contributed by atoms with Crippen LogP contribution in [0.5, 0.6) is 0 Å². The fourth-order valence-electron chi connectivity index (χ4n) is 2.17. The van der Waals surface area contributed by atoms with Gasteiger partial charge in [-0.1, -0.05) is 29.8 Å². The van der Waals surface area contributed by atoms with E-state index in [1.807, 2.05) is 31.2 Å². The van der Waals surface area contributed by atoms with E-state index in [1.165, 1.54) is 11.6 Å². The van der Waals surface area contributed by atoms with Crippen LogP contribution in [0.2, 0.25) is 0 Å². The summed E-state index contributed by atoms with van der Waals surface area (Å²) in [6.45, 7) is 3.67. The van der Waals surface area contributed by atoms with Gasteiger partial charge in [-0.3, -0.25) is 14.9 Å². The number of aryl methyl sites for hydroxylation is 3. The lowest BCUT2D eigenvalue weighted by molar-refractivity contribution is -0.385. The maximum Gasteiger partial charge on any atom is 0.272 e. The molecule has 0 radical (unpaired) electrons. The van der Waals surface area contributed by atoms with Gasteiger partial charge in [0.1, 0.15) is 0 Å². The van der Waals surface area contributed by atoms with E-state index in [0.29, 0.717) is 24.1 Å². The molecular formula is C17H18N2O3. The normalized spacial score (nSPS) is 10.3. The van der Waals surface area contributed by atoms with E-state index < -0.39 is 4.92 Å². The standard InChI is InChI=1S/C17H18N2O3/c1-12-3-5-14(6-4-12)7-10-17(20)18-15-8-9-16(19(21)22)13(2)11-15/h3-6,8-9,11H,7,10H2,1-2H3,(H,18,20). The number of hydrogen-bond donors (Lipinski definition) is 1. The molecule has 0 bridgehead atoms. The van der Waals surface area contributed by atoms with Gasteiger partial charge in [-0.05, 0) is 38.0 Å². The van der Waals surface area contributed by atoms with Crippen molar-refractivity contribution in [3.8, 4) is 0 Å². The molecule has 0 aliphatic rings. The topological polar surface area (TPSA) is 72.2 Å². The highest BCUT2D eigenvalue weighted by Gasteiger charge is 2.11. The van der Waals surface area contributed by atoms with Crippen molar-refractivity contribution >= 4 is 17.3 Å². The van der Waals surface area contributed by atoms with E-state index in [0.717, 1.165) is 5.56 Å². The van der Waals surface area contributed by atoms with Gasteiger partial charge >= 0.3 is 0 Å². The molecule has 0 fully saturated rings. The van der Waals surface area contributed by atoms with Gasteiger partial charge in [0.2, 0.25) is 5.91 Å². The Hall–Kier alpha value is -2.69. The molecule has 5 heteroatoms. The van der Waals surface area contributed by atoms with Gasteiger partial charge < -0.3 is 5.32 Å². The number of rotatable bonds is 5. The zero-order chi connectivity index (χ0) is 16.1. The molecule has 2 aromatic rings. The summed E-state index contributed by atoms with van der Waals surface area (Å²) in [5, 5.41) is 13.5. The molecule has 0 aliphatic heterocycles. The monoisotopic (exact) mass is 298 g/mol. The first-order valence-electron chi connectivity index (χ1n) is 7.06. The SMILES string of the molecule is Cc1ccc(CCC(=O)Nc2ccc([N+](=O)[O-])c(C)c2)cc1. The molecule has 0 aromatic heterocycles. The van der Waals surface area contributed by atoms with Gasteiger partial charge in [-0.2, -0.15) is 0 Å². The molecule has 0 aliphatic carbocycles. The van der Waals surface area contributed by atoms with Crippen LogP contribution in [0.25, 0.3) is 0 Å². The first-order valence-corrected chi connectivity index (χ1v) is 7.06. The van der Waals surface area contributed by atoms with Crippen LogP contribution < -0.4 is 5.32 Å². The van der Waals surface area contributed by atoms with Crippen LogP contribution in [0.1, 0.15) is 23.1 Å². The summed E-state index contributed by atoms with van der Waals surface area (Å²) >= 11 is 0. The van der Waals surface area contributed by atoms with Crippen molar-refractivity contribution < 1.29 is 9.72 Å². The maximum atomic E-state index is 11.9. The number of nitro groups is 1. The van der Waals surface area contributed by atoms with E-state index in [1.54, 1.807) is 19.1 Å². The molecule has 2 aromatic carbocycles. The number of anilines is 1. The van der Waals surface area contributed by atoms with E-state index in [4.69, 9.17) is 0 Å². The summed E-state index contributed by atoms with van der Waals surface area (Å²) in [6, 6.07) is 12.6. The highest BCUT2D eigenvalue weighted by atomic mass is 16.6. The summed E-state index contributed by atoms with van der Waals surface area (Å²) in [4.78, 5) is 22.3. The summed E-state index contributed by atoms with van der Waals surface area (Å²) in [5.74, 6) is -0.103. The molecule has 0 spiro atoms. The van der Waals surface area contributed by atoms with Crippen LogP contribution >= 0.6 is 0 Å². The van der Waals surface area contributed by atoms with Gasteiger partial charge in [-0.25, -0.2) is 0 Å². The predicted molar refractivity (Wildman–Crippen MR) is 86.0 cm³/mol. The van der Waals surface area contributed by atoms with Crippen LogP contribution in [0.3, 0.4) is 0 Å². The molecule has 114 valence electrons. The van der Waals surface area contributed by atoms with E-state index in [-0.39, 0.29) is 11.6 Å². The van der Waals surface area contributed by atoms with Crippen LogP contribution in [0.15, 0.2) is 42.5 Å². The van der Waals surface area contributed by atoms with Gasteiger partial charge in [-0.15, -0.1) is 0 Å². The molecule has 0 saturated carbocycles. The van der Waals surface area contributed by atoms with Gasteiger partial charge in [0.05, 0.1) is 4.92 Å². The molecule has 5 nitrogen and oxygen atoms in total. The van der Waals surface area contributed by atoms with Crippen LogP contribution in [-0.2, 0) is 11.2 Å². The Morgan fingerprint density at radius 2 is 1.82 bits per heavy atom. The molecule has 0 atom stereocenters. The first-order chi connectivity index (χ1) is 10.5. The molecule has 22 heavy (non-hydrogen) atoms. The minimum Gasteiger partial charge on any atom is -0.326 e. The first kappa shape index (κ1) is 15.7. The largest absolute Gasteiger partial charge is 0.326 e. The number of amides is 1. The Morgan fingerprint density at radius 3 is 2.41 bits per heavy atom. The number of hydrogen-bond acceptors (Lipinski definition) is 3. The Kier molecular flexibility index (Phi) is 4.88. The quantitative estimate of drug-likeness (QED) is 0.674. The fourth-order valence-corrected chi connectivity index (χ4v) is 2.17. The van der Waals surface area contributed by atoms with Crippen molar-refractivity contribution in [2.75, 3.05) is 5.32 Å². The number of nitrogens with zero attached hydrogens (tertiary/aromatic N) is 1. The molecule has 1 amide bonds. The maximum absolute atomic E-state index is 11.9. The van der Waals surface area contributed by atoms with Crippen molar-refractivity contribution in [3.05, 3.63) is 69.3 Å². The van der Waals surface area contributed by atoms with Crippen molar-refractivity contribution in [2.24, 2.45) is 0 Å². The van der Waals surface area contributed by atoms with Crippen molar-refractivity contribution in [1.29, 1.82) is 0 Å². The van der Waals surface area contributed by atoms with E-state index in [9.17, 15) is 14.9 Å². The van der Waals surface area contributed by atoms with Crippen LogP contribution in [0, 0.1) is 24.0 Å². The Morgan fingerprint density at radius 1 is 1.14 bits per heavy atom. The lowest BCUT2D eigenvalue weighted by Gasteiger charge is -2.07. The molecular weight excluding hydrogens is 280 g/mol. The summed E-state index contributed by atoms with van der Waals surface area (Å²) in [6.07, 6.45) is 1.04. The minimum absolute atomic E-state index is 0.0534. The zero-order valence-electron chi connectivity index (χ0n) is 12.6. The summed E-state index contributed by atoms with van der Waals surface area (Å²) < 4.78 is 0. The second-order valence-electron chi connectivity index (χ2n) is 5.29. The molecule has 1 N–H and O–H groups in total. The molecule has 0 saturated heterocycles. The second-order valence-corrected chi connectivity index (χ2v) is 5.29. The van der Waals surface area contributed by atoms with Crippen molar-refractivity contribution in [3.63, 3.8) is 0 Å². The van der Waals surface area contributed by atoms with Gasteiger partial charge in [0, 0.05) is 23.7 Å². The molecule has 2 rings (SSSR count). The van der Waals surface area contributed by atoms with Crippen LogP contribution in [0.4, 0.5) is 11.4 Å². The van der Waals surface area contributed by atoms with E-state index >= 15 is 0 Å². The van der Waals surface area contributed by atoms with Crippen molar-refractivity contribution in [2.45, 2.75) is 26.7 Å². The average molecular weight is 298 g/mol. The fraction of sp³-hybridized carbons (Fsp3) is 0.235. The third-order valence-electron chi connectivity index (χ3n) is 3.44. The lowest BCUT2D eigenvalue weighted by Crippen LogP contribution is -2.12. The lowest BCUT2D eigenvalue weighted by atomic mass is 10.1. The number of carbonyl (C=O) groups excluding carboxylic acids is 1. The Labute approximate surface area is 129 Å². The molecule has 0 heterocycles. The van der Waals surface area contributed by atoms with Gasteiger partial charge in [0.15, 0.2) is 0 Å². The Bertz CT molecular complexity index is 694. The summed E-state index contributed by atoms with van der Waals surface area (Å²) in [7, 11) is 0. The van der Waals surface area contributed by atoms with Crippen molar-refractivity contribution in [1.82, 2.24) is 0 Å². The van der Waals surface area contributed by atoms with Crippen LogP contribution in [-0.4, -0.2) is 10.8 Å². The number of nitro benzene ring substituents is 1. The third kappa shape index (κ3) is 4.15. The predicted octanol–water partition coefficient (Wildman–Crippen LogP) is 3.78. The van der Waals surface area contributed by atoms with Gasteiger partial charge in [0.25, 0.3) is 5.69 Å². The summed E-state index contributed by atoms with van der Waals surface area (Å²) in [5.41, 5.74) is 3.46. The third-order valence-corrected chi connectivity index (χ3v) is 3.44. The highest BCUT2D eigenvalue weighted by molar-refractivity contribution is 5.91. The second kappa shape index (κ2) is 6.85. The smallest absolute Gasteiger partial charge is 0.272 e. The molecule has 0 unspecified atom stereocenters. The number of carbonyl (C=O) groups is 1. The minimum atomic E-state index is -0.432. The van der Waals surface area contributed by atoms with E-state index in [2.05, 4.69) is 5.32 Å². The highest BCUT2D eigenvalue weighted by Crippen LogP contribution is 2.21. The average Bonchev–Trinajstić information content (AvgIpc) is 2.46. The number of nitrogens with one attached hydrogen (secondary N) is 1. The number of benzene rings is 2.